The summed E-state index contributed by atoms with van der Waals surface area (Å²) in [6.45, 7) is 4.53. The van der Waals surface area contributed by atoms with E-state index in [9.17, 15) is 4.79 Å². The summed E-state index contributed by atoms with van der Waals surface area (Å²) in [5.74, 6) is 0.389. The second-order valence-corrected chi connectivity index (χ2v) is 5.91. The maximum atomic E-state index is 10.7. The molecule has 6 heteroatoms. The first kappa shape index (κ1) is 14.0. The van der Waals surface area contributed by atoms with Crippen LogP contribution < -0.4 is 5.73 Å². The van der Waals surface area contributed by atoms with Gasteiger partial charge in [-0.05, 0) is 31.1 Å². The maximum absolute atomic E-state index is 10.7. The molecular formula is C13H22N4O2. The number of carbonyl (C=O) groups is 1. The van der Waals surface area contributed by atoms with E-state index in [0.717, 1.165) is 12.8 Å². The number of carboxylic acid groups (broad SMARTS) is 1. The summed E-state index contributed by atoms with van der Waals surface area (Å²) in [6, 6.07) is -0.532. The van der Waals surface area contributed by atoms with Crippen molar-refractivity contribution in [3.05, 3.63) is 11.9 Å². The Morgan fingerprint density at radius 3 is 2.68 bits per heavy atom. The first-order valence-electron chi connectivity index (χ1n) is 6.84. The summed E-state index contributed by atoms with van der Waals surface area (Å²) in [6.07, 6.45) is 5.56. The molecule has 19 heavy (non-hydrogen) atoms. The molecule has 1 aliphatic carbocycles. The minimum atomic E-state index is -1.01. The molecule has 0 aromatic carbocycles. The predicted molar refractivity (Wildman–Crippen MR) is 70.6 cm³/mol. The molecule has 0 spiro atoms. The first-order valence-corrected chi connectivity index (χ1v) is 6.84. The first-order chi connectivity index (χ1) is 8.95. The van der Waals surface area contributed by atoms with Crippen LogP contribution in [-0.4, -0.2) is 32.1 Å². The Balaban J connectivity index is 2.02. The molecular weight excluding hydrogens is 244 g/mol. The monoisotopic (exact) mass is 266 g/mol. The van der Waals surface area contributed by atoms with Crippen LogP contribution in [-0.2, 0) is 11.2 Å². The molecule has 1 aromatic rings. The van der Waals surface area contributed by atoms with Gasteiger partial charge in [0.2, 0.25) is 0 Å². The molecule has 3 atom stereocenters. The van der Waals surface area contributed by atoms with Gasteiger partial charge >= 0.3 is 5.97 Å². The van der Waals surface area contributed by atoms with E-state index in [0.29, 0.717) is 23.6 Å². The molecule has 0 amide bonds. The van der Waals surface area contributed by atoms with E-state index in [1.54, 1.807) is 0 Å². The Bertz CT molecular complexity index is 436. The number of carboxylic acids is 1. The molecule has 1 heterocycles. The van der Waals surface area contributed by atoms with Gasteiger partial charge in [0.05, 0.1) is 11.7 Å². The van der Waals surface area contributed by atoms with Crippen LogP contribution in [0.25, 0.3) is 0 Å². The SMILES string of the molecule is CC1CC(C)CC(n2cc(CC(N)C(=O)O)nn2)C1. The quantitative estimate of drug-likeness (QED) is 0.854. The molecule has 0 bridgehead atoms. The smallest absolute Gasteiger partial charge is 0.320 e. The third-order valence-corrected chi connectivity index (χ3v) is 3.83. The standard InChI is InChI=1S/C13H22N4O2/c1-8-3-9(2)5-11(4-8)17-7-10(15-16-17)6-12(14)13(18)19/h7-9,11-12H,3-6,14H2,1-2H3,(H,18,19). The van der Waals surface area contributed by atoms with Gasteiger partial charge in [-0.2, -0.15) is 0 Å². The number of nitrogens with zero attached hydrogens (tertiary/aromatic N) is 3. The maximum Gasteiger partial charge on any atom is 0.320 e. The van der Waals surface area contributed by atoms with Crippen molar-refractivity contribution in [1.82, 2.24) is 15.0 Å². The molecule has 0 radical (unpaired) electrons. The number of rotatable bonds is 4. The van der Waals surface area contributed by atoms with Crippen molar-refractivity contribution in [2.24, 2.45) is 17.6 Å². The fourth-order valence-corrected chi connectivity index (χ4v) is 3.02. The van der Waals surface area contributed by atoms with Crippen molar-refractivity contribution >= 4 is 5.97 Å². The van der Waals surface area contributed by atoms with Crippen LogP contribution in [0.4, 0.5) is 0 Å². The van der Waals surface area contributed by atoms with E-state index in [1.165, 1.54) is 6.42 Å². The topological polar surface area (TPSA) is 94.0 Å². The van der Waals surface area contributed by atoms with E-state index in [4.69, 9.17) is 10.8 Å². The molecule has 6 nitrogen and oxygen atoms in total. The van der Waals surface area contributed by atoms with Gasteiger partial charge in [-0.3, -0.25) is 4.79 Å². The van der Waals surface area contributed by atoms with Gasteiger partial charge in [0.25, 0.3) is 0 Å². The number of aromatic nitrogens is 3. The molecule has 3 N–H and O–H groups in total. The molecule has 1 aromatic heterocycles. The van der Waals surface area contributed by atoms with Crippen LogP contribution in [0.15, 0.2) is 6.20 Å². The van der Waals surface area contributed by atoms with Crippen molar-refractivity contribution < 1.29 is 9.90 Å². The fraction of sp³-hybridized carbons (Fsp3) is 0.769. The highest BCUT2D eigenvalue weighted by atomic mass is 16.4. The summed E-state index contributed by atoms with van der Waals surface area (Å²) in [7, 11) is 0. The Hall–Kier alpha value is -1.43. The Morgan fingerprint density at radius 1 is 1.47 bits per heavy atom. The molecule has 0 aliphatic heterocycles. The predicted octanol–water partition coefficient (Wildman–Crippen LogP) is 1.23. The Morgan fingerprint density at radius 2 is 2.11 bits per heavy atom. The van der Waals surface area contributed by atoms with Crippen molar-refractivity contribution in [3.8, 4) is 0 Å². The van der Waals surface area contributed by atoms with Gasteiger partial charge in [-0.1, -0.05) is 19.1 Å². The molecule has 106 valence electrons. The highest BCUT2D eigenvalue weighted by Gasteiger charge is 2.26. The van der Waals surface area contributed by atoms with Crippen LogP contribution in [0.2, 0.25) is 0 Å². The van der Waals surface area contributed by atoms with Crippen LogP contribution in [0, 0.1) is 11.8 Å². The van der Waals surface area contributed by atoms with Gasteiger partial charge in [-0.25, -0.2) is 4.68 Å². The summed E-state index contributed by atoms with van der Waals surface area (Å²) < 4.78 is 1.88. The average Bonchev–Trinajstić information content (AvgIpc) is 2.76. The van der Waals surface area contributed by atoms with Crippen LogP contribution >= 0.6 is 0 Å². The lowest BCUT2D eigenvalue weighted by molar-refractivity contribution is -0.138. The van der Waals surface area contributed by atoms with E-state index in [2.05, 4.69) is 24.2 Å². The average molecular weight is 266 g/mol. The number of aliphatic carboxylic acids is 1. The lowest BCUT2D eigenvalue weighted by Gasteiger charge is -2.31. The van der Waals surface area contributed by atoms with Gasteiger partial charge in [0, 0.05) is 12.6 Å². The lowest BCUT2D eigenvalue weighted by atomic mass is 9.80. The molecule has 3 unspecified atom stereocenters. The van der Waals surface area contributed by atoms with Crippen molar-refractivity contribution in [2.45, 2.75) is 51.6 Å². The molecule has 1 saturated carbocycles. The summed E-state index contributed by atoms with van der Waals surface area (Å²) in [4.78, 5) is 10.7. The molecule has 1 aliphatic rings. The summed E-state index contributed by atoms with van der Waals surface area (Å²) >= 11 is 0. The van der Waals surface area contributed by atoms with Crippen molar-refractivity contribution in [2.75, 3.05) is 0 Å². The van der Waals surface area contributed by atoms with Gasteiger partial charge < -0.3 is 10.8 Å². The molecule has 2 rings (SSSR count). The Kier molecular flexibility index (Phi) is 4.19. The zero-order valence-corrected chi connectivity index (χ0v) is 11.5. The fourth-order valence-electron chi connectivity index (χ4n) is 3.02. The lowest BCUT2D eigenvalue weighted by Crippen LogP contribution is -2.32. The second kappa shape index (κ2) is 5.69. The number of nitrogens with two attached hydrogens (primary N) is 1. The third-order valence-electron chi connectivity index (χ3n) is 3.83. The van der Waals surface area contributed by atoms with E-state index in [-0.39, 0.29) is 6.42 Å². The zero-order valence-electron chi connectivity index (χ0n) is 11.5. The minimum Gasteiger partial charge on any atom is -0.480 e. The molecule has 1 fully saturated rings. The minimum absolute atomic E-state index is 0.229. The highest BCUT2D eigenvalue weighted by molar-refractivity contribution is 5.73. The van der Waals surface area contributed by atoms with Crippen LogP contribution in [0.5, 0.6) is 0 Å². The van der Waals surface area contributed by atoms with E-state index >= 15 is 0 Å². The second-order valence-electron chi connectivity index (χ2n) is 5.91. The normalized spacial score (nSPS) is 29.1. The summed E-state index contributed by atoms with van der Waals surface area (Å²) in [5, 5.41) is 17.0. The van der Waals surface area contributed by atoms with Gasteiger partial charge in [0.1, 0.15) is 6.04 Å². The zero-order chi connectivity index (χ0) is 14.0. The Labute approximate surface area is 113 Å². The number of hydrogen-bond acceptors (Lipinski definition) is 4. The van der Waals surface area contributed by atoms with Gasteiger partial charge in [-0.15, -0.1) is 5.10 Å². The summed E-state index contributed by atoms with van der Waals surface area (Å²) in [5.41, 5.74) is 6.16. The highest BCUT2D eigenvalue weighted by Crippen LogP contribution is 2.35. The van der Waals surface area contributed by atoms with E-state index < -0.39 is 12.0 Å². The van der Waals surface area contributed by atoms with Gasteiger partial charge in [0.15, 0.2) is 0 Å². The van der Waals surface area contributed by atoms with Crippen LogP contribution in [0.1, 0.15) is 44.8 Å². The molecule has 0 saturated heterocycles. The third kappa shape index (κ3) is 3.53. The van der Waals surface area contributed by atoms with Crippen molar-refractivity contribution in [3.63, 3.8) is 0 Å². The largest absolute Gasteiger partial charge is 0.480 e. The van der Waals surface area contributed by atoms with Crippen molar-refractivity contribution in [1.29, 1.82) is 0 Å². The number of hydrogen-bond donors (Lipinski definition) is 2. The van der Waals surface area contributed by atoms with E-state index in [1.807, 2.05) is 10.9 Å². The van der Waals surface area contributed by atoms with Crippen LogP contribution in [0.3, 0.4) is 0 Å².